The molecule has 0 unspecified atom stereocenters. The fourth-order valence-corrected chi connectivity index (χ4v) is 2.54. The van der Waals surface area contributed by atoms with E-state index in [-0.39, 0.29) is 11.6 Å². The third-order valence-electron chi connectivity index (χ3n) is 2.52. The van der Waals surface area contributed by atoms with Gasteiger partial charge in [-0.3, -0.25) is 0 Å². The number of amides is 1. The highest BCUT2D eigenvalue weighted by Crippen LogP contribution is 2.25. The second-order valence-electron chi connectivity index (χ2n) is 7.38. The Morgan fingerprint density at radius 3 is 1.67 bits per heavy atom. The van der Waals surface area contributed by atoms with Gasteiger partial charge < -0.3 is 10.1 Å². The Bertz CT molecular complexity index is 254. The average molecular weight is 257 g/mol. The summed E-state index contributed by atoms with van der Waals surface area (Å²) in [5.74, 6) is 1.09. The van der Waals surface area contributed by atoms with Gasteiger partial charge in [-0.15, -0.1) is 0 Å². The second-order valence-corrected chi connectivity index (χ2v) is 7.38. The summed E-state index contributed by atoms with van der Waals surface area (Å²) in [5.41, 5.74) is -0.634. The molecule has 0 aliphatic rings. The Hall–Kier alpha value is -0.730. The maximum absolute atomic E-state index is 11.9. The predicted molar refractivity (Wildman–Crippen MR) is 76.7 cm³/mol. The van der Waals surface area contributed by atoms with E-state index < -0.39 is 5.60 Å². The van der Waals surface area contributed by atoms with Crippen LogP contribution >= 0.6 is 0 Å². The molecule has 3 heteroatoms. The summed E-state index contributed by atoms with van der Waals surface area (Å²) in [5, 5.41) is 3.05. The van der Waals surface area contributed by atoms with Gasteiger partial charge in [0.1, 0.15) is 5.60 Å². The number of carbonyl (C=O) groups is 1. The van der Waals surface area contributed by atoms with Crippen LogP contribution in [0.25, 0.3) is 0 Å². The van der Waals surface area contributed by atoms with Crippen molar-refractivity contribution in [3.8, 4) is 0 Å². The largest absolute Gasteiger partial charge is 0.444 e. The zero-order chi connectivity index (χ0) is 14.6. The first-order valence-electron chi connectivity index (χ1n) is 6.95. The molecular formula is C15H31NO2. The van der Waals surface area contributed by atoms with E-state index in [1.807, 2.05) is 20.8 Å². The SMILES string of the molecule is CC(C)CC(C)(CC(C)C)NC(=O)OC(C)(C)C. The Balaban J connectivity index is 4.63. The van der Waals surface area contributed by atoms with E-state index in [4.69, 9.17) is 4.74 Å². The van der Waals surface area contributed by atoms with Crippen molar-refractivity contribution in [3.05, 3.63) is 0 Å². The van der Waals surface area contributed by atoms with Gasteiger partial charge in [-0.25, -0.2) is 4.79 Å². The molecule has 0 aromatic rings. The van der Waals surface area contributed by atoms with E-state index >= 15 is 0 Å². The molecule has 18 heavy (non-hydrogen) atoms. The minimum Gasteiger partial charge on any atom is -0.444 e. The molecule has 0 atom stereocenters. The van der Waals surface area contributed by atoms with Crippen LogP contribution in [0.3, 0.4) is 0 Å². The molecule has 0 saturated heterocycles. The van der Waals surface area contributed by atoms with Gasteiger partial charge in [-0.05, 0) is 52.4 Å². The van der Waals surface area contributed by atoms with Crippen LogP contribution in [0.15, 0.2) is 0 Å². The Morgan fingerprint density at radius 2 is 1.39 bits per heavy atom. The van der Waals surface area contributed by atoms with Gasteiger partial charge >= 0.3 is 6.09 Å². The van der Waals surface area contributed by atoms with Gasteiger partial charge in [0.2, 0.25) is 0 Å². The molecule has 0 saturated carbocycles. The van der Waals surface area contributed by atoms with Gasteiger partial charge in [0, 0.05) is 5.54 Å². The van der Waals surface area contributed by atoms with Crippen LogP contribution in [0.2, 0.25) is 0 Å². The third-order valence-corrected chi connectivity index (χ3v) is 2.52. The lowest BCUT2D eigenvalue weighted by Crippen LogP contribution is -2.49. The molecular weight excluding hydrogens is 226 g/mol. The molecule has 0 fully saturated rings. The van der Waals surface area contributed by atoms with E-state index in [0.29, 0.717) is 11.8 Å². The zero-order valence-electron chi connectivity index (χ0n) is 13.4. The second kappa shape index (κ2) is 6.44. The Kier molecular flexibility index (Phi) is 6.18. The molecule has 0 aliphatic carbocycles. The highest BCUT2D eigenvalue weighted by atomic mass is 16.6. The quantitative estimate of drug-likeness (QED) is 0.794. The molecule has 0 radical (unpaired) electrons. The summed E-state index contributed by atoms with van der Waals surface area (Å²) in [7, 11) is 0. The molecule has 0 heterocycles. The summed E-state index contributed by atoms with van der Waals surface area (Å²) >= 11 is 0. The lowest BCUT2D eigenvalue weighted by Gasteiger charge is -2.35. The third kappa shape index (κ3) is 8.37. The average Bonchev–Trinajstić information content (AvgIpc) is 1.92. The Labute approximate surface area is 113 Å². The van der Waals surface area contributed by atoms with Crippen molar-refractivity contribution in [3.63, 3.8) is 0 Å². The molecule has 1 N–H and O–H groups in total. The molecule has 0 spiro atoms. The monoisotopic (exact) mass is 257 g/mol. The molecule has 3 nitrogen and oxygen atoms in total. The lowest BCUT2D eigenvalue weighted by molar-refractivity contribution is 0.0436. The first kappa shape index (κ1) is 17.3. The van der Waals surface area contributed by atoms with E-state index in [1.54, 1.807) is 0 Å². The van der Waals surface area contributed by atoms with Crippen molar-refractivity contribution < 1.29 is 9.53 Å². The van der Waals surface area contributed by atoms with Crippen molar-refractivity contribution in [2.45, 2.75) is 79.4 Å². The van der Waals surface area contributed by atoms with Gasteiger partial charge in [0.15, 0.2) is 0 Å². The molecule has 0 bridgehead atoms. The van der Waals surface area contributed by atoms with Gasteiger partial charge in [-0.2, -0.15) is 0 Å². The number of alkyl carbamates (subject to hydrolysis) is 1. The molecule has 0 aliphatic heterocycles. The summed E-state index contributed by atoms with van der Waals surface area (Å²) in [6.45, 7) is 16.5. The van der Waals surface area contributed by atoms with Crippen LogP contribution in [0.1, 0.15) is 68.2 Å². The summed E-state index contributed by atoms with van der Waals surface area (Å²) in [6, 6.07) is 0. The number of nitrogens with one attached hydrogen (secondary N) is 1. The standard InChI is InChI=1S/C15H31NO2/c1-11(2)9-15(8,10-12(3)4)16-13(17)18-14(5,6)7/h11-12H,9-10H2,1-8H3,(H,16,17). The topological polar surface area (TPSA) is 38.3 Å². The Morgan fingerprint density at radius 1 is 1.00 bits per heavy atom. The molecule has 0 aromatic carbocycles. The number of ether oxygens (including phenoxy) is 1. The minimum atomic E-state index is -0.444. The van der Waals surface area contributed by atoms with E-state index in [9.17, 15) is 4.79 Å². The minimum absolute atomic E-state index is 0.190. The van der Waals surface area contributed by atoms with Crippen molar-refractivity contribution in [2.75, 3.05) is 0 Å². The van der Waals surface area contributed by atoms with Gasteiger partial charge in [0.25, 0.3) is 0 Å². The summed E-state index contributed by atoms with van der Waals surface area (Å²) in [4.78, 5) is 11.9. The van der Waals surface area contributed by atoms with Crippen LogP contribution in [0.5, 0.6) is 0 Å². The summed E-state index contributed by atoms with van der Waals surface area (Å²) in [6.07, 6.45) is 1.61. The highest BCUT2D eigenvalue weighted by Gasteiger charge is 2.30. The molecule has 0 rings (SSSR count). The van der Waals surface area contributed by atoms with E-state index in [0.717, 1.165) is 12.8 Å². The fraction of sp³-hybridized carbons (Fsp3) is 0.933. The highest BCUT2D eigenvalue weighted by molar-refractivity contribution is 5.68. The maximum atomic E-state index is 11.9. The van der Waals surface area contributed by atoms with Crippen molar-refractivity contribution in [1.82, 2.24) is 5.32 Å². The lowest BCUT2D eigenvalue weighted by atomic mass is 9.83. The fourth-order valence-electron chi connectivity index (χ4n) is 2.54. The first-order chi connectivity index (χ1) is 7.93. The predicted octanol–water partition coefficient (Wildman–Crippen LogP) is 4.36. The molecule has 1 amide bonds. The first-order valence-corrected chi connectivity index (χ1v) is 6.95. The zero-order valence-corrected chi connectivity index (χ0v) is 13.4. The molecule has 0 aromatic heterocycles. The van der Waals surface area contributed by atoms with Crippen LogP contribution in [0.4, 0.5) is 4.79 Å². The van der Waals surface area contributed by atoms with Crippen LogP contribution in [0, 0.1) is 11.8 Å². The number of carbonyl (C=O) groups excluding carboxylic acids is 1. The molecule has 108 valence electrons. The van der Waals surface area contributed by atoms with Gasteiger partial charge in [-0.1, -0.05) is 27.7 Å². The smallest absolute Gasteiger partial charge is 0.408 e. The number of rotatable bonds is 5. The number of hydrogen-bond donors (Lipinski definition) is 1. The van der Waals surface area contributed by atoms with Crippen molar-refractivity contribution in [1.29, 1.82) is 0 Å². The van der Waals surface area contributed by atoms with Crippen LogP contribution in [-0.2, 0) is 4.74 Å². The van der Waals surface area contributed by atoms with E-state index in [2.05, 4.69) is 39.9 Å². The van der Waals surface area contributed by atoms with Crippen LogP contribution < -0.4 is 5.32 Å². The summed E-state index contributed by atoms with van der Waals surface area (Å²) < 4.78 is 5.35. The van der Waals surface area contributed by atoms with Gasteiger partial charge in [0.05, 0.1) is 0 Å². The van der Waals surface area contributed by atoms with Crippen LogP contribution in [-0.4, -0.2) is 17.2 Å². The van der Waals surface area contributed by atoms with Crippen molar-refractivity contribution in [2.24, 2.45) is 11.8 Å². The maximum Gasteiger partial charge on any atom is 0.408 e. The van der Waals surface area contributed by atoms with Crippen molar-refractivity contribution >= 4 is 6.09 Å². The normalized spacial score (nSPS) is 13.0. The van der Waals surface area contributed by atoms with E-state index in [1.165, 1.54) is 0 Å². The number of hydrogen-bond acceptors (Lipinski definition) is 2.